The third kappa shape index (κ3) is 3.00. The Kier molecular flexibility index (Phi) is 4.18. The molecule has 2 heterocycles. The molecule has 3 aromatic rings. The number of nitrogens with one attached hydrogen (secondary N) is 1. The van der Waals surface area contributed by atoms with Crippen LogP contribution in [0.2, 0.25) is 0 Å². The van der Waals surface area contributed by atoms with Gasteiger partial charge < -0.3 is 14.8 Å². The number of fused-ring (bicyclic) bond motifs is 1. The topological polar surface area (TPSA) is 37.3 Å². The summed E-state index contributed by atoms with van der Waals surface area (Å²) < 4.78 is 1.95. The van der Waals surface area contributed by atoms with Gasteiger partial charge in [0, 0.05) is 31.0 Å². The van der Waals surface area contributed by atoms with Crippen molar-refractivity contribution in [1.82, 2.24) is 4.57 Å². The van der Waals surface area contributed by atoms with Crippen LogP contribution in [-0.2, 0) is 7.05 Å². The van der Waals surface area contributed by atoms with E-state index in [1.807, 2.05) is 60.1 Å². The fourth-order valence-electron chi connectivity index (χ4n) is 3.68. The molecule has 0 unspecified atom stereocenters. The largest absolute Gasteiger partial charge is 0.370 e. The number of amides is 1. The first-order valence-corrected chi connectivity index (χ1v) is 8.94. The zero-order valence-corrected chi connectivity index (χ0v) is 14.5. The van der Waals surface area contributed by atoms with E-state index in [-0.39, 0.29) is 5.91 Å². The maximum absolute atomic E-state index is 12.9. The van der Waals surface area contributed by atoms with Crippen LogP contribution in [0.3, 0.4) is 0 Å². The van der Waals surface area contributed by atoms with Crippen LogP contribution in [-0.4, -0.2) is 23.6 Å². The summed E-state index contributed by atoms with van der Waals surface area (Å²) in [5.74, 6) is -0.0665. The smallest absolute Gasteiger partial charge is 0.272 e. The Morgan fingerprint density at radius 3 is 2.48 bits per heavy atom. The highest BCUT2D eigenvalue weighted by Crippen LogP contribution is 2.29. The highest BCUT2D eigenvalue weighted by atomic mass is 16.1. The molecule has 1 fully saturated rings. The van der Waals surface area contributed by atoms with Gasteiger partial charge in [-0.25, -0.2) is 0 Å². The summed E-state index contributed by atoms with van der Waals surface area (Å²) in [6.45, 7) is 2.11. The van der Waals surface area contributed by atoms with E-state index in [1.54, 1.807) is 0 Å². The molecule has 1 N–H and O–H groups in total. The summed E-state index contributed by atoms with van der Waals surface area (Å²) in [5.41, 5.74) is 3.75. The predicted octanol–water partition coefficient (Wildman–Crippen LogP) is 4.42. The van der Waals surface area contributed by atoms with Crippen LogP contribution in [0.5, 0.6) is 0 Å². The van der Waals surface area contributed by atoms with E-state index in [0.29, 0.717) is 5.69 Å². The molecule has 1 amide bonds. The Morgan fingerprint density at radius 2 is 1.68 bits per heavy atom. The number of benzene rings is 2. The number of para-hydroxylation sites is 3. The molecule has 4 heteroatoms. The Morgan fingerprint density at radius 1 is 0.960 bits per heavy atom. The van der Waals surface area contributed by atoms with Crippen LogP contribution < -0.4 is 10.2 Å². The van der Waals surface area contributed by atoms with Crippen LogP contribution in [0.4, 0.5) is 11.4 Å². The van der Waals surface area contributed by atoms with Crippen LogP contribution in [0, 0.1) is 0 Å². The second-order valence-electron chi connectivity index (χ2n) is 6.67. The fraction of sp³-hybridized carbons (Fsp3) is 0.286. The molecule has 0 spiro atoms. The van der Waals surface area contributed by atoms with E-state index >= 15 is 0 Å². The molecule has 1 aliphatic rings. The van der Waals surface area contributed by atoms with Gasteiger partial charge in [0.25, 0.3) is 5.91 Å². The Labute approximate surface area is 148 Å². The minimum Gasteiger partial charge on any atom is -0.370 e. The molecule has 2 aromatic carbocycles. The number of rotatable bonds is 3. The summed E-state index contributed by atoms with van der Waals surface area (Å²) >= 11 is 0. The quantitative estimate of drug-likeness (QED) is 0.770. The molecule has 1 aromatic heterocycles. The Bertz CT molecular complexity index is 906. The number of nitrogens with zero attached hydrogens (tertiary/aromatic N) is 2. The van der Waals surface area contributed by atoms with Crippen molar-refractivity contribution >= 4 is 28.2 Å². The van der Waals surface area contributed by atoms with E-state index in [4.69, 9.17) is 0 Å². The summed E-state index contributed by atoms with van der Waals surface area (Å²) in [6, 6.07) is 18.1. The third-order valence-electron chi connectivity index (χ3n) is 5.03. The first-order chi connectivity index (χ1) is 12.2. The SMILES string of the molecule is Cn1c(C(=O)Nc2ccccc2N2CCCCC2)cc2ccccc21. The molecule has 4 nitrogen and oxygen atoms in total. The second-order valence-corrected chi connectivity index (χ2v) is 6.67. The van der Waals surface area contributed by atoms with Gasteiger partial charge in [-0.3, -0.25) is 4.79 Å². The minimum atomic E-state index is -0.0665. The highest BCUT2D eigenvalue weighted by molar-refractivity contribution is 6.07. The van der Waals surface area contributed by atoms with Gasteiger partial charge in [0.2, 0.25) is 0 Å². The minimum absolute atomic E-state index is 0.0665. The monoisotopic (exact) mass is 333 g/mol. The van der Waals surface area contributed by atoms with Crippen molar-refractivity contribution in [2.24, 2.45) is 7.05 Å². The summed E-state index contributed by atoms with van der Waals surface area (Å²) in [5, 5.41) is 4.21. The molecule has 25 heavy (non-hydrogen) atoms. The maximum atomic E-state index is 12.9. The fourth-order valence-corrected chi connectivity index (χ4v) is 3.68. The van der Waals surface area contributed by atoms with Crippen molar-refractivity contribution in [3.8, 4) is 0 Å². The number of hydrogen-bond donors (Lipinski definition) is 1. The lowest BCUT2D eigenvalue weighted by Crippen LogP contribution is -2.30. The lowest BCUT2D eigenvalue weighted by molar-refractivity contribution is 0.102. The number of carbonyl (C=O) groups excluding carboxylic acids is 1. The molecular formula is C21H23N3O. The van der Waals surface area contributed by atoms with Crippen molar-refractivity contribution in [3.05, 3.63) is 60.3 Å². The van der Waals surface area contributed by atoms with Crippen LogP contribution in [0.15, 0.2) is 54.6 Å². The lowest BCUT2D eigenvalue weighted by Gasteiger charge is -2.30. The molecule has 0 saturated carbocycles. The third-order valence-corrected chi connectivity index (χ3v) is 5.03. The lowest BCUT2D eigenvalue weighted by atomic mass is 10.1. The number of aryl methyl sites for hydroxylation is 1. The average molecular weight is 333 g/mol. The maximum Gasteiger partial charge on any atom is 0.272 e. The Balaban J connectivity index is 1.63. The number of piperidine rings is 1. The zero-order valence-electron chi connectivity index (χ0n) is 14.5. The molecule has 4 rings (SSSR count). The predicted molar refractivity (Wildman–Crippen MR) is 103 cm³/mol. The standard InChI is InChI=1S/C21H23N3O/c1-23-18-11-5-3-9-16(18)15-20(23)21(25)22-17-10-4-6-12-19(17)24-13-7-2-8-14-24/h3-6,9-12,15H,2,7-8,13-14H2,1H3,(H,22,25). The van der Waals surface area contributed by atoms with Gasteiger partial charge in [0.1, 0.15) is 5.69 Å². The Hall–Kier alpha value is -2.75. The number of carbonyl (C=O) groups is 1. The van der Waals surface area contributed by atoms with E-state index in [1.165, 1.54) is 19.3 Å². The highest BCUT2D eigenvalue weighted by Gasteiger charge is 2.18. The first-order valence-electron chi connectivity index (χ1n) is 8.94. The number of aromatic nitrogens is 1. The van der Waals surface area contributed by atoms with E-state index in [9.17, 15) is 4.79 Å². The van der Waals surface area contributed by atoms with Crippen LogP contribution in [0.1, 0.15) is 29.8 Å². The second kappa shape index (κ2) is 6.63. The van der Waals surface area contributed by atoms with Gasteiger partial charge in [-0.2, -0.15) is 0 Å². The molecule has 0 bridgehead atoms. The van der Waals surface area contributed by atoms with Gasteiger partial charge in [-0.05, 0) is 43.5 Å². The van der Waals surface area contributed by atoms with Gasteiger partial charge in [-0.15, -0.1) is 0 Å². The van der Waals surface area contributed by atoms with Crippen molar-refractivity contribution in [1.29, 1.82) is 0 Å². The zero-order chi connectivity index (χ0) is 17.2. The normalized spacial score (nSPS) is 14.7. The van der Waals surface area contributed by atoms with E-state index in [0.717, 1.165) is 35.4 Å². The molecule has 0 radical (unpaired) electrons. The van der Waals surface area contributed by atoms with Crippen molar-refractivity contribution in [2.75, 3.05) is 23.3 Å². The van der Waals surface area contributed by atoms with Crippen LogP contribution >= 0.6 is 0 Å². The first kappa shape index (κ1) is 15.8. The molecule has 1 saturated heterocycles. The van der Waals surface area contributed by atoms with Crippen molar-refractivity contribution in [3.63, 3.8) is 0 Å². The van der Waals surface area contributed by atoms with Gasteiger partial charge in [0.05, 0.1) is 11.4 Å². The van der Waals surface area contributed by atoms with E-state index in [2.05, 4.69) is 16.3 Å². The van der Waals surface area contributed by atoms with Gasteiger partial charge in [0.15, 0.2) is 0 Å². The summed E-state index contributed by atoms with van der Waals surface area (Å²) in [4.78, 5) is 15.3. The van der Waals surface area contributed by atoms with Crippen molar-refractivity contribution in [2.45, 2.75) is 19.3 Å². The molecule has 1 aliphatic heterocycles. The van der Waals surface area contributed by atoms with Crippen LogP contribution in [0.25, 0.3) is 10.9 Å². The van der Waals surface area contributed by atoms with Gasteiger partial charge >= 0.3 is 0 Å². The summed E-state index contributed by atoms with van der Waals surface area (Å²) in [7, 11) is 1.94. The van der Waals surface area contributed by atoms with Gasteiger partial charge in [-0.1, -0.05) is 30.3 Å². The van der Waals surface area contributed by atoms with Crippen molar-refractivity contribution < 1.29 is 4.79 Å². The average Bonchev–Trinajstić information content (AvgIpc) is 3.00. The van der Waals surface area contributed by atoms with E-state index < -0.39 is 0 Å². The number of hydrogen-bond acceptors (Lipinski definition) is 2. The molecular weight excluding hydrogens is 310 g/mol. The molecule has 0 atom stereocenters. The molecule has 0 aliphatic carbocycles. The molecule has 128 valence electrons. The number of anilines is 2. The summed E-state index contributed by atoms with van der Waals surface area (Å²) in [6.07, 6.45) is 3.72.